The number of hydrogen-bond acceptors (Lipinski definition) is 6. The van der Waals surface area contributed by atoms with E-state index in [1.807, 2.05) is 35.7 Å². The highest BCUT2D eigenvalue weighted by Gasteiger charge is 2.17. The lowest BCUT2D eigenvalue weighted by Gasteiger charge is -2.26. The van der Waals surface area contributed by atoms with Crippen LogP contribution in [0.3, 0.4) is 0 Å². The molecule has 5 nitrogen and oxygen atoms in total. The minimum atomic E-state index is 0.0726. The number of hydrogen-bond donors (Lipinski definition) is 1. The summed E-state index contributed by atoms with van der Waals surface area (Å²) < 4.78 is 5.29. The lowest BCUT2D eigenvalue weighted by Crippen LogP contribution is -2.37. The number of nitrogens with zero attached hydrogens (tertiary/aromatic N) is 3. The van der Waals surface area contributed by atoms with Gasteiger partial charge in [0.05, 0.1) is 25.5 Å². The lowest BCUT2D eigenvalue weighted by atomic mass is 10.2. The Hall–Kier alpha value is -2.20. The molecule has 23 heavy (non-hydrogen) atoms. The molecule has 3 rings (SSSR count). The molecule has 0 saturated carbocycles. The summed E-state index contributed by atoms with van der Waals surface area (Å²) in [6, 6.07) is 11.9. The van der Waals surface area contributed by atoms with Gasteiger partial charge < -0.3 is 9.84 Å². The number of benzene rings is 1. The molecule has 0 atom stereocenters. The molecular formula is C17H17N3O2S. The standard InChI is InChI=1S/C17H17N3O2S/c18-10-14(16(21)11-20-6-8-22-9-7-20)17-19-15(12-23-17)13-4-2-1-3-5-13/h1-5,12,21H,6-9,11H2. The maximum Gasteiger partial charge on any atom is 0.138 e. The van der Waals surface area contributed by atoms with Gasteiger partial charge >= 0.3 is 0 Å². The van der Waals surface area contributed by atoms with Gasteiger partial charge in [-0.15, -0.1) is 11.3 Å². The molecule has 0 spiro atoms. The topological polar surface area (TPSA) is 69.4 Å². The van der Waals surface area contributed by atoms with Gasteiger partial charge in [-0.05, 0) is 0 Å². The Morgan fingerprint density at radius 3 is 2.74 bits per heavy atom. The summed E-state index contributed by atoms with van der Waals surface area (Å²) in [5.41, 5.74) is 2.07. The number of thiazole rings is 1. The molecule has 1 aromatic carbocycles. The summed E-state index contributed by atoms with van der Waals surface area (Å²) in [4.78, 5) is 6.57. The van der Waals surface area contributed by atoms with Gasteiger partial charge in [0.1, 0.15) is 22.4 Å². The van der Waals surface area contributed by atoms with Crippen molar-refractivity contribution in [3.8, 4) is 17.3 Å². The fourth-order valence-corrected chi connectivity index (χ4v) is 3.26. The Balaban J connectivity index is 1.81. The first kappa shape index (κ1) is 15.7. The van der Waals surface area contributed by atoms with Crippen molar-refractivity contribution in [1.29, 1.82) is 5.26 Å². The first-order valence-electron chi connectivity index (χ1n) is 7.41. The minimum Gasteiger partial charge on any atom is -0.509 e. The predicted octanol–water partition coefficient (Wildman–Crippen LogP) is 2.93. The van der Waals surface area contributed by atoms with Crippen LogP contribution in [0, 0.1) is 11.3 Å². The number of aliphatic hydroxyl groups is 1. The van der Waals surface area contributed by atoms with Crippen LogP contribution in [0.4, 0.5) is 0 Å². The normalized spacial score (nSPS) is 16.7. The maximum atomic E-state index is 10.3. The Labute approximate surface area is 139 Å². The van der Waals surface area contributed by atoms with Crippen molar-refractivity contribution in [2.75, 3.05) is 32.8 Å². The molecule has 118 valence electrons. The molecule has 0 amide bonds. The maximum absolute atomic E-state index is 10.3. The Morgan fingerprint density at radius 1 is 1.30 bits per heavy atom. The van der Waals surface area contributed by atoms with Crippen LogP contribution in [0.15, 0.2) is 41.5 Å². The van der Waals surface area contributed by atoms with Crippen LogP contribution in [-0.2, 0) is 4.74 Å². The van der Waals surface area contributed by atoms with Gasteiger partial charge in [0.2, 0.25) is 0 Å². The van der Waals surface area contributed by atoms with Crippen LogP contribution in [0.25, 0.3) is 16.8 Å². The van der Waals surface area contributed by atoms with E-state index in [0.717, 1.165) is 24.3 Å². The number of aromatic nitrogens is 1. The second-order valence-electron chi connectivity index (χ2n) is 5.23. The van der Waals surface area contributed by atoms with Gasteiger partial charge in [0, 0.05) is 24.0 Å². The molecule has 0 radical (unpaired) electrons. The van der Waals surface area contributed by atoms with E-state index in [0.29, 0.717) is 24.8 Å². The van der Waals surface area contributed by atoms with E-state index >= 15 is 0 Å². The molecular weight excluding hydrogens is 310 g/mol. The number of rotatable bonds is 4. The number of ether oxygens (including phenoxy) is 1. The second-order valence-corrected chi connectivity index (χ2v) is 6.08. The van der Waals surface area contributed by atoms with Crippen LogP contribution in [0.2, 0.25) is 0 Å². The molecule has 1 N–H and O–H groups in total. The summed E-state index contributed by atoms with van der Waals surface area (Å²) in [7, 11) is 0. The molecule has 1 aliphatic heterocycles. The highest BCUT2D eigenvalue weighted by atomic mass is 32.1. The smallest absolute Gasteiger partial charge is 0.138 e. The fraction of sp³-hybridized carbons (Fsp3) is 0.294. The Kier molecular flexibility index (Phi) is 5.03. The molecule has 1 fully saturated rings. The summed E-state index contributed by atoms with van der Waals surface area (Å²) in [6.07, 6.45) is 0. The van der Waals surface area contributed by atoms with Gasteiger partial charge in [-0.1, -0.05) is 30.3 Å². The molecule has 2 heterocycles. The highest BCUT2D eigenvalue weighted by molar-refractivity contribution is 7.11. The summed E-state index contributed by atoms with van der Waals surface area (Å²) in [5, 5.41) is 22.2. The van der Waals surface area contributed by atoms with Crippen molar-refractivity contribution in [3.05, 3.63) is 46.5 Å². The van der Waals surface area contributed by atoms with Crippen LogP contribution < -0.4 is 0 Å². The zero-order valence-corrected chi connectivity index (χ0v) is 13.4. The van der Waals surface area contributed by atoms with Gasteiger partial charge in [-0.3, -0.25) is 4.90 Å². The van der Waals surface area contributed by atoms with Gasteiger partial charge in [0.15, 0.2) is 0 Å². The molecule has 1 aliphatic rings. The van der Waals surface area contributed by atoms with Gasteiger partial charge in [0.25, 0.3) is 0 Å². The molecule has 1 saturated heterocycles. The molecule has 1 aromatic heterocycles. The second kappa shape index (κ2) is 7.38. The number of aliphatic hydroxyl groups excluding tert-OH is 1. The van der Waals surface area contributed by atoms with Gasteiger partial charge in [-0.2, -0.15) is 5.26 Å². The Morgan fingerprint density at radius 2 is 2.04 bits per heavy atom. The van der Waals surface area contributed by atoms with Crippen LogP contribution >= 0.6 is 11.3 Å². The lowest BCUT2D eigenvalue weighted by molar-refractivity contribution is 0.0381. The van der Waals surface area contributed by atoms with Crippen LogP contribution in [-0.4, -0.2) is 47.8 Å². The number of morpholine rings is 1. The van der Waals surface area contributed by atoms with E-state index in [4.69, 9.17) is 4.74 Å². The highest BCUT2D eigenvalue weighted by Crippen LogP contribution is 2.27. The third-order valence-electron chi connectivity index (χ3n) is 3.67. The Bertz CT molecular complexity index is 728. The van der Waals surface area contributed by atoms with Crippen LogP contribution in [0.1, 0.15) is 5.01 Å². The van der Waals surface area contributed by atoms with E-state index in [9.17, 15) is 10.4 Å². The molecule has 0 aliphatic carbocycles. The fourth-order valence-electron chi connectivity index (χ4n) is 2.42. The van der Waals surface area contributed by atoms with Crippen molar-refractivity contribution in [1.82, 2.24) is 9.88 Å². The molecule has 6 heteroatoms. The summed E-state index contributed by atoms with van der Waals surface area (Å²) >= 11 is 1.37. The first-order valence-corrected chi connectivity index (χ1v) is 8.29. The number of allylic oxidation sites excluding steroid dienone is 1. The quantitative estimate of drug-likeness (QED) is 0.691. The summed E-state index contributed by atoms with van der Waals surface area (Å²) in [6.45, 7) is 3.19. The zero-order valence-electron chi connectivity index (χ0n) is 12.6. The number of nitriles is 1. The SMILES string of the molecule is N#CC(=C(O)CN1CCOCC1)c1nc(-c2ccccc2)cs1. The van der Waals surface area contributed by atoms with Crippen molar-refractivity contribution in [2.45, 2.75) is 0 Å². The molecule has 0 bridgehead atoms. The minimum absolute atomic E-state index is 0.0726. The first-order chi connectivity index (χ1) is 11.3. The van der Waals surface area contributed by atoms with Crippen molar-refractivity contribution in [2.24, 2.45) is 0 Å². The third kappa shape index (κ3) is 3.77. The van der Waals surface area contributed by atoms with E-state index < -0.39 is 0 Å². The van der Waals surface area contributed by atoms with Crippen molar-refractivity contribution >= 4 is 16.9 Å². The average Bonchev–Trinajstić information content (AvgIpc) is 3.07. The zero-order chi connectivity index (χ0) is 16.1. The van der Waals surface area contributed by atoms with E-state index in [-0.39, 0.29) is 11.3 Å². The largest absolute Gasteiger partial charge is 0.509 e. The van der Waals surface area contributed by atoms with E-state index in [1.54, 1.807) is 0 Å². The van der Waals surface area contributed by atoms with E-state index in [1.165, 1.54) is 11.3 Å². The van der Waals surface area contributed by atoms with Crippen molar-refractivity contribution in [3.63, 3.8) is 0 Å². The third-order valence-corrected chi connectivity index (χ3v) is 4.52. The molecule has 0 unspecified atom stereocenters. The summed E-state index contributed by atoms with van der Waals surface area (Å²) in [5.74, 6) is 0.0726. The predicted molar refractivity (Wildman–Crippen MR) is 90.0 cm³/mol. The van der Waals surface area contributed by atoms with Crippen LogP contribution in [0.5, 0.6) is 0 Å². The monoisotopic (exact) mass is 327 g/mol. The average molecular weight is 327 g/mol. The van der Waals surface area contributed by atoms with Gasteiger partial charge in [-0.25, -0.2) is 4.98 Å². The van der Waals surface area contributed by atoms with E-state index in [2.05, 4.69) is 16.0 Å². The molecule has 2 aromatic rings. The van der Waals surface area contributed by atoms with Crippen molar-refractivity contribution < 1.29 is 9.84 Å².